The van der Waals surface area contributed by atoms with E-state index in [4.69, 9.17) is 0 Å². The van der Waals surface area contributed by atoms with Crippen LogP contribution >= 0.6 is 11.3 Å². The second-order valence-electron chi connectivity index (χ2n) is 3.39. The lowest BCUT2D eigenvalue weighted by atomic mass is 10.1. The molecule has 0 unspecified atom stereocenters. The maximum absolute atomic E-state index is 3.94. The van der Waals surface area contributed by atoms with Gasteiger partial charge in [0.2, 0.25) is 0 Å². The second-order valence-corrected chi connectivity index (χ2v) is 4.30. The predicted molar refractivity (Wildman–Crippen MR) is 71.7 cm³/mol. The summed E-state index contributed by atoms with van der Waals surface area (Å²) >= 11 is 1.81. The molecular formula is C14H18S. The second kappa shape index (κ2) is 5.72. The Labute approximate surface area is 96.3 Å². The highest BCUT2D eigenvalue weighted by Crippen LogP contribution is 2.26. The molecule has 1 heteroatoms. The van der Waals surface area contributed by atoms with E-state index in [1.807, 2.05) is 25.2 Å². The van der Waals surface area contributed by atoms with Crippen LogP contribution < -0.4 is 0 Å². The maximum atomic E-state index is 3.94. The lowest BCUT2D eigenvalue weighted by molar-refractivity contribution is 1.18. The van der Waals surface area contributed by atoms with Crippen molar-refractivity contribution in [2.75, 3.05) is 0 Å². The minimum atomic E-state index is 1.00. The third kappa shape index (κ3) is 2.93. The summed E-state index contributed by atoms with van der Waals surface area (Å²) in [5.74, 6) is 0. The number of thiophene rings is 1. The standard InChI is InChI=1S/C12H12S.C2H6/c1-9(2)7-10-8-13-12-6-4-3-5-11(10)12;1-2/h3-6,8H,1,7H2,2H3;1-2H3. The zero-order valence-electron chi connectivity index (χ0n) is 9.71. The van der Waals surface area contributed by atoms with Gasteiger partial charge in [0.1, 0.15) is 0 Å². The summed E-state index contributed by atoms with van der Waals surface area (Å²) in [6, 6.07) is 8.53. The largest absolute Gasteiger partial charge is 0.144 e. The molecule has 0 aliphatic heterocycles. The van der Waals surface area contributed by atoms with Crippen LogP contribution in [0.4, 0.5) is 0 Å². The highest BCUT2D eigenvalue weighted by atomic mass is 32.1. The van der Waals surface area contributed by atoms with Crippen molar-refractivity contribution in [3.05, 3.63) is 47.4 Å². The first-order valence-corrected chi connectivity index (χ1v) is 6.25. The number of fused-ring (bicyclic) bond motifs is 1. The quantitative estimate of drug-likeness (QED) is 0.619. The van der Waals surface area contributed by atoms with Crippen molar-refractivity contribution in [1.29, 1.82) is 0 Å². The van der Waals surface area contributed by atoms with Crippen molar-refractivity contribution in [1.82, 2.24) is 0 Å². The van der Waals surface area contributed by atoms with Crippen LogP contribution in [0, 0.1) is 0 Å². The number of allylic oxidation sites excluding steroid dienone is 1. The van der Waals surface area contributed by atoms with E-state index in [1.54, 1.807) is 0 Å². The van der Waals surface area contributed by atoms with Gasteiger partial charge in [-0.2, -0.15) is 0 Å². The molecule has 0 N–H and O–H groups in total. The van der Waals surface area contributed by atoms with Crippen molar-refractivity contribution >= 4 is 21.4 Å². The molecule has 2 aromatic rings. The molecule has 0 nitrogen and oxygen atoms in total. The van der Waals surface area contributed by atoms with Gasteiger partial charge in [-0.1, -0.05) is 44.2 Å². The lowest BCUT2D eigenvalue weighted by Crippen LogP contribution is -1.81. The maximum Gasteiger partial charge on any atom is 0.0345 e. The Morgan fingerprint density at radius 1 is 1.27 bits per heavy atom. The first-order valence-electron chi connectivity index (χ1n) is 5.37. The Hall–Kier alpha value is -1.08. The van der Waals surface area contributed by atoms with Gasteiger partial charge in [0.25, 0.3) is 0 Å². The molecule has 0 aliphatic carbocycles. The molecule has 0 atom stereocenters. The number of benzene rings is 1. The first-order chi connectivity index (χ1) is 7.27. The molecule has 80 valence electrons. The first kappa shape index (κ1) is 12.0. The summed E-state index contributed by atoms with van der Waals surface area (Å²) in [6.45, 7) is 10.0. The topological polar surface area (TPSA) is 0 Å². The molecule has 0 saturated heterocycles. The molecule has 0 amide bonds. The normalized spacial score (nSPS) is 9.53. The highest BCUT2D eigenvalue weighted by molar-refractivity contribution is 7.17. The molecule has 1 heterocycles. The van der Waals surface area contributed by atoms with Crippen LogP contribution in [-0.4, -0.2) is 0 Å². The summed E-state index contributed by atoms with van der Waals surface area (Å²) in [4.78, 5) is 0. The average Bonchev–Trinajstić information content (AvgIpc) is 2.64. The van der Waals surface area contributed by atoms with E-state index in [9.17, 15) is 0 Å². The van der Waals surface area contributed by atoms with Gasteiger partial charge in [0.05, 0.1) is 0 Å². The van der Waals surface area contributed by atoms with Crippen molar-refractivity contribution in [2.45, 2.75) is 27.2 Å². The molecule has 0 bridgehead atoms. The fraction of sp³-hybridized carbons (Fsp3) is 0.286. The van der Waals surface area contributed by atoms with Gasteiger partial charge < -0.3 is 0 Å². The number of hydrogen-bond acceptors (Lipinski definition) is 1. The fourth-order valence-electron chi connectivity index (χ4n) is 1.49. The van der Waals surface area contributed by atoms with Crippen molar-refractivity contribution in [2.24, 2.45) is 0 Å². The van der Waals surface area contributed by atoms with Gasteiger partial charge >= 0.3 is 0 Å². The number of rotatable bonds is 2. The zero-order valence-corrected chi connectivity index (χ0v) is 10.5. The van der Waals surface area contributed by atoms with Crippen molar-refractivity contribution in [3.63, 3.8) is 0 Å². The molecule has 15 heavy (non-hydrogen) atoms. The minimum Gasteiger partial charge on any atom is -0.144 e. The lowest BCUT2D eigenvalue weighted by Gasteiger charge is -1.97. The fourth-order valence-corrected chi connectivity index (χ4v) is 2.46. The molecule has 0 fully saturated rings. The third-order valence-electron chi connectivity index (χ3n) is 2.05. The molecule has 1 aromatic heterocycles. The Balaban J connectivity index is 0.000000531. The summed E-state index contributed by atoms with van der Waals surface area (Å²) in [5, 5.41) is 3.62. The molecule has 1 aromatic carbocycles. The smallest absolute Gasteiger partial charge is 0.0345 e. The number of hydrogen-bond donors (Lipinski definition) is 0. The van der Waals surface area contributed by atoms with Crippen LogP contribution in [0.15, 0.2) is 41.8 Å². The third-order valence-corrected chi connectivity index (χ3v) is 3.07. The summed E-state index contributed by atoms with van der Waals surface area (Å²) < 4.78 is 1.37. The van der Waals surface area contributed by atoms with E-state index in [-0.39, 0.29) is 0 Å². The van der Waals surface area contributed by atoms with Gasteiger partial charge in [-0.25, -0.2) is 0 Å². The zero-order chi connectivity index (χ0) is 11.3. The summed E-state index contributed by atoms with van der Waals surface area (Å²) in [7, 11) is 0. The van der Waals surface area contributed by atoms with Crippen molar-refractivity contribution < 1.29 is 0 Å². The van der Waals surface area contributed by atoms with Gasteiger partial charge in [-0.3, -0.25) is 0 Å². The molecular weight excluding hydrogens is 200 g/mol. The van der Waals surface area contributed by atoms with Gasteiger partial charge in [-0.05, 0) is 35.7 Å². The van der Waals surface area contributed by atoms with E-state index >= 15 is 0 Å². The minimum absolute atomic E-state index is 1.00. The van der Waals surface area contributed by atoms with E-state index < -0.39 is 0 Å². The van der Waals surface area contributed by atoms with Gasteiger partial charge in [0.15, 0.2) is 0 Å². The van der Waals surface area contributed by atoms with Gasteiger partial charge in [0, 0.05) is 4.70 Å². The SMILES string of the molecule is C=C(C)Cc1csc2ccccc12.CC. The van der Waals surface area contributed by atoms with Gasteiger partial charge in [-0.15, -0.1) is 11.3 Å². The Bertz CT molecular complexity index is 437. The summed E-state index contributed by atoms with van der Waals surface area (Å²) in [6.07, 6.45) is 1.00. The van der Waals surface area contributed by atoms with E-state index in [0.717, 1.165) is 6.42 Å². The summed E-state index contributed by atoms with van der Waals surface area (Å²) in [5.41, 5.74) is 2.64. The molecule has 0 spiro atoms. The van der Waals surface area contributed by atoms with E-state index in [0.29, 0.717) is 0 Å². The molecule has 0 aliphatic rings. The van der Waals surface area contributed by atoms with Crippen LogP contribution in [-0.2, 0) is 6.42 Å². The Morgan fingerprint density at radius 3 is 2.60 bits per heavy atom. The molecule has 0 saturated carbocycles. The van der Waals surface area contributed by atoms with E-state index in [1.165, 1.54) is 21.2 Å². The van der Waals surface area contributed by atoms with Crippen LogP contribution in [0.5, 0.6) is 0 Å². The van der Waals surface area contributed by atoms with Crippen LogP contribution in [0.1, 0.15) is 26.3 Å². The Morgan fingerprint density at radius 2 is 1.93 bits per heavy atom. The van der Waals surface area contributed by atoms with Crippen molar-refractivity contribution in [3.8, 4) is 0 Å². The molecule has 0 radical (unpaired) electrons. The van der Waals surface area contributed by atoms with E-state index in [2.05, 4.69) is 43.1 Å². The Kier molecular flexibility index (Phi) is 4.57. The van der Waals surface area contributed by atoms with Crippen LogP contribution in [0.3, 0.4) is 0 Å². The predicted octanol–water partition coefficient (Wildman–Crippen LogP) is 5.05. The molecule has 2 rings (SSSR count). The van der Waals surface area contributed by atoms with Crippen LogP contribution in [0.2, 0.25) is 0 Å². The highest BCUT2D eigenvalue weighted by Gasteiger charge is 2.02. The average molecular weight is 218 g/mol. The monoisotopic (exact) mass is 218 g/mol. The van der Waals surface area contributed by atoms with Crippen LogP contribution in [0.25, 0.3) is 10.1 Å².